The van der Waals surface area contributed by atoms with Crippen LogP contribution in [0.3, 0.4) is 0 Å². The number of nitrogens with one attached hydrogen (secondary N) is 1. The molecule has 1 aliphatic heterocycles. The van der Waals surface area contributed by atoms with Crippen molar-refractivity contribution in [1.29, 1.82) is 0 Å². The van der Waals surface area contributed by atoms with Crippen LogP contribution in [0.4, 0.5) is 5.69 Å². The lowest BCUT2D eigenvalue weighted by atomic mass is 9.88. The largest absolute Gasteiger partial charge is 0.492 e. The van der Waals surface area contributed by atoms with Crippen LogP contribution in [0, 0.1) is 5.92 Å². The van der Waals surface area contributed by atoms with Gasteiger partial charge >= 0.3 is 0 Å². The van der Waals surface area contributed by atoms with Crippen molar-refractivity contribution in [2.45, 2.75) is 44.0 Å². The van der Waals surface area contributed by atoms with Crippen molar-refractivity contribution in [3.8, 4) is 5.75 Å². The Balaban J connectivity index is 1.75. The van der Waals surface area contributed by atoms with Crippen LogP contribution in [0.25, 0.3) is 0 Å². The zero-order valence-electron chi connectivity index (χ0n) is 17.9. The quantitative estimate of drug-likeness (QED) is 0.684. The molecule has 2 atom stereocenters. The Kier molecular flexibility index (Phi) is 6.04. The lowest BCUT2D eigenvalue weighted by molar-refractivity contribution is -0.119. The molecule has 0 saturated carbocycles. The smallest absolute Gasteiger partial charge is 0.244 e. The number of sulfonamides is 2. The Morgan fingerprint density at radius 2 is 1.94 bits per heavy atom. The van der Waals surface area contributed by atoms with Crippen molar-refractivity contribution >= 4 is 31.6 Å². The van der Waals surface area contributed by atoms with E-state index < -0.39 is 37.9 Å². The number of carbonyl (C=O) groups excluding carboxylic acids is 1. The lowest BCUT2D eigenvalue weighted by Crippen LogP contribution is -2.32. The molecule has 1 fully saturated rings. The molecular weight excluding hydrogens is 452 g/mol. The highest BCUT2D eigenvalue weighted by Crippen LogP contribution is 2.36. The summed E-state index contributed by atoms with van der Waals surface area (Å²) in [5.41, 5.74) is 2.03. The van der Waals surface area contributed by atoms with Crippen molar-refractivity contribution in [3.63, 3.8) is 0 Å². The molecular formula is C22H26N2O6S2. The first-order chi connectivity index (χ1) is 15.1. The molecule has 1 heterocycles. The van der Waals surface area contributed by atoms with Gasteiger partial charge in [-0.15, -0.1) is 0 Å². The predicted octanol–water partition coefficient (Wildman–Crippen LogP) is 2.75. The summed E-state index contributed by atoms with van der Waals surface area (Å²) >= 11 is 0. The second kappa shape index (κ2) is 8.49. The minimum absolute atomic E-state index is 0.00720. The third-order valence-electron chi connectivity index (χ3n) is 5.78. The molecule has 2 aromatic rings. The Morgan fingerprint density at radius 1 is 1.19 bits per heavy atom. The summed E-state index contributed by atoms with van der Waals surface area (Å²) in [6.07, 6.45) is 2.39. The maximum absolute atomic E-state index is 13.4. The first-order valence-corrected chi connectivity index (χ1v) is 13.7. The van der Waals surface area contributed by atoms with Gasteiger partial charge in [-0.3, -0.25) is 4.79 Å². The van der Waals surface area contributed by atoms with E-state index in [0.29, 0.717) is 10.7 Å². The maximum atomic E-state index is 13.4. The number of anilines is 1. The molecule has 10 heteroatoms. The molecule has 0 spiro atoms. The Bertz CT molecular complexity index is 1260. The van der Waals surface area contributed by atoms with Gasteiger partial charge in [-0.1, -0.05) is 31.2 Å². The molecule has 1 aliphatic carbocycles. The van der Waals surface area contributed by atoms with E-state index in [0.717, 1.165) is 24.0 Å². The fourth-order valence-corrected chi connectivity index (χ4v) is 7.55. The van der Waals surface area contributed by atoms with E-state index in [-0.39, 0.29) is 28.7 Å². The van der Waals surface area contributed by atoms with E-state index in [4.69, 9.17) is 4.74 Å². The molecule has 1 N–H and O–H groups in total. The van der Waals surface area contributed by atoms with Crippen LogP contribution < -0.4 is 13.8 Å². The van der Waals surface area contributed by atoms with Crippen LogP contribution >= 0.6 is 0 Å². The van der Waals surface area contributed by atoms with Crippen LogP contribution in [0.15, 0.2) is 47.4 Å². The van der Waals surface area contributed by atoms with Gasteiger partial charge in [0.1, 0.15) is 10.6 Å². The van der Waals surface area contributed by atoms with E-state index >= 15 is 0 Å². The van der Waals surface area contributed by atoms with Gasteiger partial charge in [-0.25, -0.2) is 25.9 Å². The SMILES string of the molecule is CCOc1ccc(N2C(=O)C(C)CS2(=O)=O)cc1S(=O)(=O)NC1CCCc2ccccc21. The van der Waals surface area contributed by atoms with Gasteiger partial charge in [-0.05, 0) is 55.5 Å². The Hall–Kier alpha value is -2.43. The summed E-state index contributed by atoms with van der Waals surface area (Å²) in [7, 11) is -7.95. The number of benzene rings is 2. The molecule has 2 aliphatic rings. The monoisotopic (exact) mass is 478 g/mol. The molecule has 1 amide bonds. The highest BCUT2D eigenvalue weighted by Gasteiger charge is 2.42. The van der Waals surface area contributed by atoms with Gasteiger partial charge in [0, 0.05) is 6.04 Å². The van der Waals surface area contributed by atoms with Gasteiger partial charge in [0.05, 0.1) is 24.0 Å². The fourth-order valence-electron chi connectivity index (χ4n) is 4.32. The molecule has 2 aromatic carbocycles. The number of fused-ring (bicyclic) bond motifs is 1. The number of amides is 1. The van der Waals surface area contributed by atoms with Gasteiger partial charge in [0.25, 0.3) is 0 Å². The number of rotatable bonds is 6. The summed E-state index contributed by atoms with van der Waals surface area (Å²) in [5, 5.41) is 0. The first-order valence-electron chi connectivity index (χ1n) is 10.6. The van der Waals surface area contributed by atoms with E-state index in [1.165, 1.54) is 25.1 Å². The molecule has 172 valence electrons. The zero-order valence-corrected chi connectivity index (χ0v) is 19.6. The van der Waals surface area contributed by atoms with E-state index in [9.17, 15) is 21.6 Å². The summed E-state index contributed by atoms with van der Waals surface area (Å²) in [5.74, 6) is -1.47. The number of carbonyl (C=O) groups is 1. The number of hydrogen-bond acceptors (Lipinski definition) is 6. The van der Waals surface area contributed by atoms with Gasteiger partial charge in [0.2, 0.25) is 26.0 Å². The number of ether oxygens (including phenoxy) is 1. The summed E-state index contributed by atoms with van der Waals surface area (Å²) in [4.78, 5) is 12.3. The van der Waals surface area contributed by atoms with Crippen LogP contribution in [0.2, 0.25) is 0 Å². The summed E-state index contributed by atoms with van der Waals surface area (Å²) < 4.78 is 60.9. The molecule has 4 rings (SSSR count). The van der Waals surface area contributed by atoms with E-state index in [2.05, 4.69) is 4.72 Å². The number of hydrogen-bond donors (Lipinski definition) is 1. The number of nitrogens with zero attached hydrogens (tertiary/aromatic N) is 1. The normalized spacial score (nSPS) is 22.6. The van der Waals surface area contributed by atoms with Crippen molar-refractivity contribution in [3.05, 3.63) is 53.6 Å². The molecule has 1 saturated heterocycles. The predicted molar refractivity (Wildman–Crippen MR) is 120 cm³/mol. The Labute approximate surface area is 188 Å². The van der Waals surface area contributed by atoms with Crippen LogP contribution in [-0.2, 0) is 31.3 Å². The first kappa shape index (κ1) is 22.8. The van der Waals surface area contributed by atoms with Gasteiger partial charge in [-0.2, -0.15) is 0 Å². The van der Waals surface area contributed by atoms with Crippen molar-refractivity contribution in [2.75, 3.05) is 16.7 Å². The summed E-state index contributed by atoms with van der Waals surface area (Å²) in [6, 6.07) is 11.3. The van der Waals surface area contributed by atoms with E-state index in [1.807, 2.05) is 24.3 Å². The van der Waals surface area contributed by atoms with Crippen LogP contribution in [0.5, 0.6) is 5.75 Å². The summed E-state index contributed by atoms with van der Waals surface area (Å²) in [6.45, 7) is 3.49. The third kappa shape index (κ3) is 4.14. The van der Waals surface area contributed by atoms with Crippen molar-refractivity contribution in [1.82, 2.24) is 4.72 Å². The standard InChI is InChI=1S/C22H26N2O6S2/c1-3-30-20-12-11-17(24-22(25)15(2)14-31(24,26)27)13-21(20)32(28,29)23-19-10-6-8-16-7-4-5-9-18(16)19/h4-5,7,9,11-13,15,19,23H,3,6,8,10,14H2,1-2H3. The van der Waals surface area contributed by atoms with Crippen LogP contribution in [0.1, 0.15) is 43.9 Å². The number of aryl methyl sites for hydroxylation is 1. The molecule has 0 radical (unpaired) electrons. The second-order valence-electron chi connectivity index (χ2n) is 8.11. The minimum Gasteiger partial charge on any atom is -0.492 e. The second-order valence-corrected chi connectivity index (χ2v) is 11.7. The maximum Gasteiger partial charge on any atom is 0.244 e. The molecule has 8 nitrogen and oxygen atoms in total. The molecule has 32 heavy (non-hydrogen) atoms. The highest BCUT2D eigenvalue weighted by atomic mass is 32.2. The molecule has 0 bridgehead atoms. The third-order valence-corrected chi connectivity index (χ3v) is 9.14. The highest BCUT2D eigenvalue weighted by molar-refractivity contribution is 7.94. The zero-order chi connectivity index (χ0) is 23.1. The van der Waals surface area contributed by atoms with Gasteiger partial charge < -0.3 is 4.74 Å². The lowest BCUT2D eigenvalue weighted by Gasteiger charge is -2.27. The minimum atomic E-state index is -4.08. The van der Waals surface area contributed by atoms with Gasteiger partial charge in [0.15, 0.2) is 0 Å². The van der Waals surface area contributed by atoms with Crippen molar-refractivity contribution < 1.29 is 26.4 Å². The Morgan fingerprint density at radius 3 is 2.62 bits per heavy atom. The van der Waals surface area contributed by atoms with Crippen LogP contribution in [-0.4, -0.2) is 35.1 Å². The molecule has 2 unspecified atom stereocenters. The fraction of sp³-hybridized carbons (Fsp3) is 0.409. The van der Waals surface area contributed by atoms with Crippen molar-refractivity contribution in [2.24, 2.45) is 5.92 Å². The average Bonchev–Trinajstić information content (AvgIpc) is 2.95. The topological polar surface area (TPSA) is 110 Å². The average molecular weight is 479 g/mol. The van der Waals surface area contributed by atoms with E-state index in [1.54, 1.807) is 6.92 Å². The molecule has 0 aromatic heterocycles.